The monoisotopic (exact) mass is 327 g/mol. The van der Waals surface area contributed by atoms with E-state index >= 15 is 0 Å². The maximum absolute atomic E-state index is 10.2. The summed E-state index contributed by atoms with van der Waals surface area (Å²) in [6, 6.07) is 19.1. The fourth-order valence-electron chi connectivity index (χ4n) is 1.85. The zero-order valence-electron chi connectivity index (χ0n) is 12.3. The number of hydrogen-bond donors (Lipinski definition) is 3. The number of aromatic nitrogens is 1. The van der Waals surface area contributed by atoms with E-state index < -0.39 is 5.97 Å². The van der Waals surface area contributed by atoms with Crippen LogP contribution in [0.2, 0.25) is 0 Å². The molecule has 0 unspecified atom stereocenters. The zero-order valence-corrected chi connectivity index (χ0v) is 13.2. The molecule has 4 N–H and O–H groups in total. The smallest absolute Gasteiger partial charge is 0.307 e. The van der Waals surface area contributed by atoms with Crippen molar-refractivity contribution in [3.8, 4) is 11.3 Å². The van der Waals surface area contributed by atoms with Crippen LogP contribution in [0.25, 0.3) is 11.3 Å². The van der Waals surface area contributed by atoms with Crippen LogP contribution in [0.15, 0.2) is 66.0 Å². The molecular formula is C17H17N3O2S. The summed E-state index contributed by atoms with van der Waals surface area (Å²) in [6.07, 6.45) is 0.112. The first kappa shape index (κ1) is 16.7. The average molecular weight is 327 g/mol. The minimum absolute atomic E-state index is 0.112. The quantitative estimate of drug-likeness (QED) is 0.505. The number of nitrogens with one attached hydrogen (secondary N) is 1. The number of hydrogen-bond acceptors (Lipinski definition) is 5. The van der Waals surface area contributed by atoms with Crippen molar-refractivity contribution in [1.82, 2.24) is 4.98 Å². The standard InChI is InChI=1S/C9H9N3S.C8H8O2/c10-12-9-11-8(6-13-9)7-4-2-1-3-5-7;9-8(10)6-7-4-2-1-3-5-7/h1-6H,10H2,(H,11,12);1-5H,6H2,(H,9,10). The number of carboxylic acids is 1. The van der Waals surface area contributed by atoms with Gasteiger partial charge in [-0.3, -0.25) is 10.2 Å². The summed E-state index contributed by atoms with van der Waals surface area (Å²) in [4.78, 5) is 14.5. The third-order valence-corrected chi connectivity index (χ3v) is 3.67. The van der Waals surface area contributed by atoms with Gasteiger partial charge in [0.05, 0.1) is 12.1 Å². The van der Waals surface area contributed by atoms with Crippen LogP contribution in [0.3, 0.4) is 0 Å². The van der Waals surface area contributed by atoms with Gasteiger partial charge in [0.1, 0.15) is 0 Å². The Morgan fingerprint density at radius 2 is 1.70 bits per heavy atom. The highest BCUT2D eigenvalue weighted by molar-refractivity contribution is 7.14. The second-order valence-corrected chi connectivity index (χ2v) is 5.46. The summed E-state index contributed by atoms with van der Waals surface area (Å²) in [7, 11) is 0. The van der Waals surface area contributed by atoms with Crippen LogP contribution in [0.5, 0.6) is 0 Å². The Bertz CT molecular complexity index is 730. The number of benzene rings is 2. The molecule has 0 atom stereocenters. The Morgan fingerprint density at radius 3 is 2.22 bits per heavy atom. The van der Waals surface area contributed by atoms with Gasteiger partial charge in [0.25, 0.3) is 0 Å². The first-order valence-electron chi connectivity index (χ1n) is 6.92. The van der Waals surface area contributed by atoms with Gasteiger partial charge in [0.2, 0.25) is 0 Å². The number of nitrogens with zero attached hydrogens (tertiary/aromatic N) is 1. The normalized spacial score (nSPS) is 9.61. The summed E-state index contributed by atoms with van der Waals surface area (Å²) in [5.74, 6) is 4.45. The minimum atomic E-state index is -0.786. The van der Waals surface area contributed by atoms with Gasteiger partial charge in [-0.2, -0.15) is 0 Å². The van der Waals surface area contributed by atoms with E-state index in [4.69, 9.17) is 10.9 Å². The Balaban J connectivity index is 0.000000174. The maximum atomic E-state index is 10.2. The molecule has 6 heteroatoms. The fraction of sp³-hybridized carbons (Fsp3) is 0.0588. The molecular weight excluding hydrogens is 310 g/mol. The van der Waals surface area contributed by atoms with E-state index in [1.807, 2.05) is 53.9 Å². The number of carboxylic acid groups (broad SMARTS) is 1. The highest BCUT2D eigenvalue weighted by Crippen LogP contribution is 2.23. The van der Waals surface area contributed by atoms with Crippen molar-refractivity contribution in [3.05, 3.63) is 71.6 Å². The second-order valence-electron chi connectivity index (χ2n) is 4.60. The van der Waals surface area contributed by atoms with E-state index in [1.54, 1.807) is 12.1 Å². The summed E-state index contributed by atoms with van der Waals surface area (Å²) in [6.45, 7) is 0. The van der Waals surface area contributed by atoms with Gasteiger partial charge in [0.15, 0.2) is 5.13 Å². The van der Waals surface area contributed by atoms with Crippen LogP contribution >= 0.6 is 11.3 Å². The number of nitrogens with two attached hydrogens (primary N) is 1. The molecule has 118 valence electrons. The van der Waals surface area contributed by atoms with E-state index in [1.165, 1.54) is 11.3 Å². The van der Waals surface area contributed by atoms with Gasteiger partial charge in [-0.15, -0.1) is 11.3 Å². The lowest BCUT2D eigenvalue weighted by atomic mass is 10.2. The lowest BCUT2D eigenvalue weighted by Gasteiger charge is -1.93. The van der Waals surface area contributed by atoms with E-state index in [0.717, 1.165) is 22.0 Å². The highest BCUT2D eigenvalue weighted by atomic mass is 32.1. The van der Waals surface area contributed by atoms with Crippen molar-refractivity contribution in [2.24, 2.45) is 5.84 Å². The summed E-state index contributed by atoms with van der Waals surface area (Å²) in [5.41, 5.74) is 5.44. The van der Waals surface area contributed by atoms with E-state index in [9.17, 15) is 4.79 Å². The number of carbonyl (C=O) groups is 1. The molecule has 0 amide bonds. The first-order chi connectivity index (χ1) is 11.2. The van der Waals surface area contributed by atoms with Gasteiger partial charge in [-0.1, -0.05) is 60.7 Å². The van der Waals surface area contributed by atoms with Gasteiger partial charge < -0.3 is 5.11 Å². The molecule has 5 nitrogen and oxygen atoms in total. The van der Waals surface area contributed by atoms with Crippen LogP contribution < -0.4 is 11.3 Å². The lowest BCUT2D eigenvalue weighted by Crippen LogP contribution is -2.05. The minimum Gasteiger partial charge on any atom is -0.481 e. The summed E-state index contributed by atoms with van der Waals surface area (Å²) < 4.78 is 0. The first-order valence-corrected chi connectivity index (χ1v) is 7.80. The van der Waals surface area contributed by atoms with Crippen molar-refractivity contribution in [2.75, 3.05) is 5.43 Å². The fourth-order valence-corrected chi connectivity index (χ4v) is 2.48. The van der Waals surface area contributed by atoms with Gasteiger partial charge >= 0.3 is 5.97 Å². The predicted octanol–water partition coefficient (Wildman–Crippen LogP) is 3.41. The molecule has 2 aromatic carbocycles. The molecule has 0 aliphatic heterocycles. The number of anilines is 1. The van der Waals surface area contributed by atoms with Crippen LogP contribution in [0.4, 0.5) is 5.13 Å². The third-order valence-electron chi connectivity index (χ3n) is 2.90. The van der Waals surface area contributed by atoms with Gasteiger partial charge in [-0.25, -0.2) is 10.8 Å². The average Bonchev–Trinajstić information content (AvgIpc) is 3.06. The van der Waals surface area contributed by atoms with Gasteiger partial charge in [-0.05, 0) is 5.56 Å². The van der Waals surface area contributed by atoms with Crippen LogP contribution in [0, 0.1) is 0 Å². The molecule has 1 heterocycles. The van der Waals surface area contributed by atoms with Crippen molar-refractivity contribution >= 4 is 22.4 Å². The van der Waals surface area contributed by atoms with Crippen molar-refractivity contribution in [1.29, 1.82) is 0 Å². The van der Waals surface area contributed by atoms with Crippen LogP contribution in [-0.4, -0.2) is 16.1 Å². The molecule has 0 radical (unpaired) electrons. The number of aliphatic carboxylic acids is 1. The number of hydrazine groups is 1. The highest BCUT2D eigenvalue weighted by Gasteiger charge is 2.01. The molecule has 0 saturated carbocycles. The van der Waals surface area contributed by atoms with E-state index in [0.29, 0.717) is 0 Å². The molecule has 3 rings (SSSR count). The topological polar surface area (TPSA) is 88.2 Å². The van der Waals surface area contributed by atoms with Gasteiger partial charge in [0, 0.05) is 10.9 Å². The number of rotatable bonds is 4. The zero-order chi connectivity index (χ0) is 16.5. The molecule has 3 aromatic rings. The van der Waals surface area contributed by atoms with Crippen LogP contribution in [0.1, 0.15) is 5.56 Å². The number of thiazole rings is 1. The molecule has 1 aromatic heterocycles. The molecule has 0 aliphatic rings. The molecule has 0 saturated heterocycles. The third kappa shape index (κ3) is 5.54. The Labute approximate surface area is 138 Å². The molecule has 23 heavy (non-hydrogen) atoms. The van der Waals surface area contributed by atoms with Crippen molar-refractivity contribution < 1.29 is 9.90 Å². The number of nitrogen functional groups attached to an aromatic ring is 1. The molecule has 0 spiro atoms. The Morgan fingerprint density at radius 1 is 1.09 bits per heavy atom. The molecule has 0 fully saturated rings. The predicted molar refractivity (Wildman–Crippen MR) is 93.1 cm³/mol. The molecule has 0 bridgehead atoms. The second kappa shape index (κ2) is 8.67. The van der Waals surface area contributed by atoms with Crippen molar-refractivity contribution in [3.63, 3.8) is 0 Å². The van der Waals surface area contributed by atoms with Crippen molar-refractivity contribution in [2.45, 2.75) is 6.42 Å². The van der Waals surface area contributed by atoms with Crippen LogP contribution in [-0.2, 0) is 11.2 Å². The summed E-state index contributed by atoms with van der Waals surface area (Å²) >= 11 is 1.50. The maximum Gasteiger partial charge on any atom is 0.307 e. The van der Waals surface area contributed by atoms with E-state index in [-0.39, 0.29) is 6.42 Å². The Hall–Kier alpha value is -2.70. The summed E-state index contributed by atoms with van der Waals surface area (Å²) in [5, 5.41) is 11.1. The molecule has 0 aliphatic carbocycles. The lowest BCUT2D eigenvalue weighted by molar-refractivity contribution is -0.136. The van der Waals surface area contributed by atoms with E-state index in [2.05, 4.69) is 10.4 Å². The Kier molecular flexibility index (Phi) is 6.28. The SMILES string of the molecule is NNc1nc(-c2ccccc2)cs1.O=C(O)Cc1ccccc1. The largest absolute Gasteiger partial charge is 0.481 e.